The van der Waals surface area contributed by atoms with Crippen molar-refractivity contribution in [3.05, 3.63) is 57.1 Å². The molecule has 24 heavy (non-hydrogen) atoms. The van der Waals surface area contributed by atoms with Gasteiger partial charge in [-0.15, -0.1) is 0 Å². The first-order valence-corrected chi connectivity index (χ1v) is 6.42. The van der Waals surface area contributed by atoms with Crippen LogP contribution in [-0.4, -0.2) is 17.1 Å². The van der Waals surface area contributed by atoms with Crippen LogP contribution in [0.4, 0.5) is 22.7 Å². The lowest BCUT2D eigenvalue weighted by atomic mass is 10.1. The molecular weight excluding hydrogens is 338 g/mol. The molecule has 0 aromatic heterocycles. The van der Waals surface area contributed by atoms with Crippen LogP contribution >= 0.6 is 0 Å². The summed E-state index contributed by atoms with van der Waals surface area (Å²) >= 11 is 0. The summed E-state index contributed by atoms with van der Waals surface area (Å²) in [7, 11) is 1.40. The summed E-state index contributed by atoms with van der Waals surface area (Å²) in [6.07, 6.45) is 0. The number of azo groups is 1. The van der Waals surface area contributed by atoms with Crippen LogP contribution in [0.5, 0.6) is 5.75 Å². The van der Waals surface area contributed by atoms with Gasteiger partial charge in [0.2, 0.25) is 11.1 Å². The number of non-ortho nitro benzene ring substituents is 1. The molecule has 2 rings (SSSR count). The number of methoxy groups -OCH3 is 1. The van der Waals surface area contributed by atoms with Crippen LogP contribution in [0.3, 0.4) is 0 Å². The maximum absolute atomic E-state index is 10.6. The van der Waals surface area contributed by atoms with Gasteiger partial charge in [-0.2, -0.15) is 10.2 Å². The van der Waals surface area contributed by atoms with E-state index in [1.165, 1.54) is 43.5 Å². The van der Waals surface area contributed by atoms with Crippen molar-refractivity contribution in [3.8, 4) is 5.75 Å². The first-order valence-electron chi connectivity index (χ1n) is 6.42. The average molecular weight is 350 g/mol. The van der Waals surface area contributed by atoms with Gasteiger partial charge in [-0.05, 0) is 12.1 Å². The highest BCUT2D eigenvalue weighted by Crippen LogP contribution is 2.36. The molecule has 0 aliphatic carbocycles. The number of hydrogen-bond acceptors (Lipinski definition) is 7. The predicted octanol–water partition coefficient (Wildman–Crippen LogP) is 1.000. The van der Waals surface area contributed by atoms with E-state index in [4.69, 9.17) is 10.1 Å². The number of benzene rings is 2. The third kappa shape index (κ3) is 4.22. The second-order valence-electron chi connectivity index (χ2n) is 4.38. The van der Waals surface area contributed by atoms with Crippen molar-refractivity contribution in [2.24, 2.45) is 10.2 Å². The number of aliphatic hydroxyl groups excluding tert-OH is 1. The summed E-state index contributed by atoms with van der Waals surface area (Å²) in [5.74, 6) is 0.266. The van der Waals surface area contributed by atoms with Crippen molar-refractivity contribution in [2.75, 3.05) is 7.11 Å². The molecule has 0 aliphatic heterocycles. The van der Waals surface area contributed by atoms with Crippen molar-refractivity contribution in [1.29, 1.82) is 5.39 Å². The van der Waals surface area contributed by atoms with E-state index in [1.54, 1.807) is 0 Å². The highest BCUT2D eigenvalue weighted by Gasteiger charge is 2.19. The molecule has 0 amide bonds. The van der Waals surface area contributed by atoms with Crippen molar-refractivity contribution in [1.82, 2.24) is 0 Å². The molecule has 124 valence electrons. The third-order valence-corrected chi connectivity index (χ3v) is 2.99. The highest BCUT2D eigenvalue weighted by atomic mass is 35.5. The number of rotatable bonds is 5. The number of hydrogen-bond donors (Lipinski definition) is 1. The van der Waals surface area contributed by atoms with Crippen LogP contribution in [0.1, 0.15) is 5.56 Å². The lowest BCUT2D eigenvalue weighted by Crippen LogP contribution is -3.00. The maximum atomic E-state index is 10.6. The van der Waals surface area contributed by atoms with E-state index < -0.39 is 4.92 Å². The van der Waals surface area contributed by atoms with Gasteiger partial charge in [0, 0.05) is 29.8 Å². The standard InChI is InChI=1S/C14H12N5O4.ClH/c1-23-14-7-12(9(8-20)6-13(14)16-15)18-17-10-2-4-11(5-3-10)19(21)22;/h2-7,20H,8H2,1H3;1H/q+1;/p-1. The topological polar surface area (TPSA) is 125 Å². The zero-order valence-corrected chi connectivity index (χ0v) is 13.2. The molecule has 1 N–H and O–H groups in total. The second kappa shape index (κ2) is 8.52. The van der Waals surface area contributed by atoms with E-state index in [0.717, 1.165) is 0 Å². The van der Waals surface area contributed by atoms with Gasteiger partial charge >= 0.3 is 5.69 Å². The van der Waals surface area contributed by atoms with Crippen molar-refractivity contribution >= 4 is 22.7 Å². The van der Waals surface area contributed by atoms with Gasteiger partial charge < -0.3 is 22.3 Å². The molecule has 0 aliphatic rings. The van der Waals surface area contributed by atoms with Gasteiger partial charge in [-0.25, -0.2) is 0 Å². The average Bonchev–Trinajstić information content (AvgIpc) is 2.59. The van der Waals surface area contributed by atoms with Crippen LogP contribution in [-0.2, 0) is 6.61 Å². The second-order valence-corrected chi connectivity index (χ2v) is 4.38. The Labute approximate surface area is 142 Å². The minimum atomic E-state index is -0.507. The van der Waals surface area contributed by atoms with E-state index in [1.807, 2.05) is 0 Å². The Morgan fingerprint density at radius 3 is 2.46 bits per heavy atom. The van der Waals surface area contributed by atoms with Crippen LogP contribution in [0.15, 0.2) is 46.6 Å². The number of nitro groups is 1. The molecular formula is C14H12ClN5O4. The largest absolute Gasteiger partial charge is 1.00 e. The molecule has 0 saturated carbocycles. The van der Waals surface area contributed by atoms with E-state index in [9.17, 15) is 15.2 Å². The van der Waals surface area contributed by atoms with Gasteiger partial charge in [-0.1, -0.05) is 0 Å². The first-order chi connectivity index (χ1) is 11.1. The molecule has 10 heteroatoms. The Kier molecular flexibility index (Phi) is 6.73. The molecule has 0 atom stereocenters. The molecule has 0 saturated heterocycles. The van der Waals surface area contributed by atoms with E-state index in [0.29, 0.717) is 16.9 Å². The molecule has 0 unspecified atom stereocenters. The molecule has 0 spiro atoms. The Hall–Kier alpha value is -3.09. The van der Waals surface area contributed by atoms with E-state index in [2.05, 4.69) is 15.2 Å². The predicted molar refractivity (Wildman–Crippen MR) is 80.9 cm³/mol. The number of halogens is 1. The Balaban J connectivity index is 0.00000288. The van der Waals surface area contributed by atoms with Gasteiger partial charge in [0.15, 0.2) is 4.98 Å². The summed E-state index contributed by atoms with van der Waals surface area (Å²) in [6, 6.07) is 8.42. The molecule has 2 aromatic carbocycles. The summed E-state index contributed by atoms with van der Waals surface area (Å²) < 4.78 is 5.06. The maximum Gasteiger partial charge on any atom is 0.426 e. The summed E-state index contributed by atoms with van der Waals surface area (Å²) in [5.41, 5.74) is 1.25. The number of ether oxygens (including phenoxy) is 1. The summed E-state index contributed by atoms with van der Waals surface area (Å²) in [6.45, 7) is -0.332. The first kappa shape index (κ1) is 19.0. The fraction of sp³-hybridized carbons (Fsp3) is 0.143. The van der Waals surface area contributed by atoms with Gasteiger partial charge in [0.05, 0.1) is 30.0 Å². The molecule has 0 radical (unpaired) electrons. The Morgan fingerprint density at radius 1 is 1.29 bits per heavy atom. The van der Waals surface area contributed by atoms with Crippen LogP contribution in [0, 0.1) is 15.5 Å². The lowest BCUT2D eigenvalue weighted by molar-refractivity contribution is -0.384. The molecule has 2 aromatic rings. The zero-order valence-electron chi connectivity index (χ0n) is 12.5. The third-order valence-electron chi connectivity index (χ3n) is 2.99. The lowest BCUT2D eigenvalue weighted by Gasteiger charge is -2.02. The zero-order chi connectivity index (χ0) is 16.8. The van der Waals surface area contributed by atoms with Crippen molar-refractivity contribution < 1.29 is 27.2 Å². The van der Waals surface area contributed by atoms with Crippen LogP contribution in [0.25, 0.3) is 4.98 Å². The smallest absolute Gasteiger partial charge is 0.426 e. The Morgan fingerprint density at radius 2 is 1.96 bits per heavy atom. The van der Waals surface area contributed by atoms with Gasteiger partial charge in [0.25, 0.3) is 5.69 Å². The van der Waals surface area contributed by atoms with Gasteiger partial charge in [-0.3, -0.25) is 10.1 Å². The minimum Gasteiger partial charge on any atom is -1.00 e. The van der Waals surface area contributed by atoms with Crippen LogP contribution < -0.4 is 17.1 Å². The SMILES string of the molecule is COc1cc(N=Nc2ccc([N+](=O)[O-])cc2)c(CO)cc1[N+]#N.[Cl-]. The Bertz CT molecular complexity index is 802. The normalized spacial score (nSPS) is 10.0. The molecule has 0 fully saturated rings. The van der Waals surface area contributed by atoms with E-state index in [-0.39, 0.29) is 36.1 Å². The fourth-order valence-electron chi connectivity index (χ4n) is 1.81. The van der Waals surface area contributed by atoms with E-state index >= 15 is 0 Å². The number of nitrogens with zero attached hydrogens (tertiary/aromatic N) is 5. The quantitative estimate of drug-likeness (QED) is 0.373. The fourth-order valence-corrected chi connectivity index (χ4v) is 1.81. The van der Waals surface area contributed by atoms with Crippen molar-refractivity contribution in [3.63, 3.8) is 0 Å². The molecule has 0 bridgehead atoms. The minimum absolute atomic E-state index is 0. The van der Waals surface area contributed by atoms with Gasteiger partial charge in [0.1, 0.15) is 0 Å². The molecule has 0 heterocycles. The highest BCUT2D eigenvalue weighted by molar-refractivity contribution is 5.66. The summed E-state index contributed by atoms with van der Waals surface area (Å²) in [4.78, 5) is 13.1. The van der Waals surface area contributed by atoms with Crippen molar-refractivity contribution in [2.45, 2.75) is 6.61 Å². The van der Waals surface area contributed by atoms with Crippen LogP contribution in [0.2, 0.25) is 0 Å². The molecule has 9 nitrogen and oxygen atoms in total. The number of diazo groups is 1. The summed E-state index contributed by atoms with van der Waals surface area (Å²) in [5, 5.41) is 36.8. The monoisotopic (exact) mass is 349 g/mol. The number of nitro benzene ring substituents is 1. The number of aliphatic hydroxyl groups is 1.